The molecule has 1 atom stereocenters. The van der Waals surface area contributed by atoms with Gasteiger partial charge in [-0.1, -0.05) is 0 Å². The van der Waals surface area contributed by atoms with Gasteiger partial charge in [-0.15, -0.1) is 0 Å². The molecule has 0 saturated heterocycles. The fourth-order valence-corrected chi connectivity index (χ4v) is 2.37. The summed E-state index contributed by atoms with van der Waals surface area (Å²) in [5, 5.41) is 0. The first-order valence-corrected chi connectivity index (χ1v) is 7.66. The molecule has 2 rings (SSSR count). The summed E-state index contributed by atoms with van der Waals surface area (Å²) < 4.78 is 37.4. The second kappa shape index (κ2) is 7.69. The summed E-state index contributed by atoms with van der Waals surface area (Å²) in [7, 11) is 0. The topological polar surface area (TPSA) is 74.4 Å². The zero-order valence-electron chi connectivity index (χ0n) is 11.4. The molecule has 0 bridgehead atoms. The Morgan fingerprint density at radius 1 is 1.39 bits per heavy atom. The molecule has 0 aliphatic carbocycles. The molecule has 5 nitrogen and oxygen atoms in total. The van der Waals surface area contributed by atoms with Crippen molar-refractivity contribution in [1.82, 2.24) is 4.98 Å². The third-order valence-corrected chi connectivity index (χ3v) is 3.64. The average Bonchev–Trinajstić information content (AvgIpc) is 2.54. The van der Waals surface area contributed by atoms with E-state index in [0.29, 0.717) is 4.47 Å². The molecule has 9 heteroatoms. The molecule has 2 N–H and O–H groups in total. The zero-order chi connectivity index (χ0) is 17.0. The minimum absolute atomic E-state index is 0.00340. The van der Waals surface area contributed by atoms with Gasteiger partial charge in [-0.05, 0) is 40.2 Å². The molecule has 1 aromatic carbocycles. The van der Waals surface area contributed by atoms with E-state index in [2.05, 4.69) is 41.0 Å². The van der Waals surface area contributed by atoms with Crippen LogP contribution in [0.4, 0.5) is 14.6 Å². The standard InChI is InChI=1S/C14H10Br2F2N2O3/c15-7-3-11(13(19)20-6-7)22-12(5-17)10-4-8(18)1-2-9(10)14(21)23-16/h1-4,6,12H,5H2,(H2,19,20). The predicted molar refractivity (Wildman–Crippen MR) is 86.4 cm³/mol. The van der Waals surface area contributed by atoms with Crippen LogP contribution >= 0.6 is 32.2 Å². The molecule has 0 radical (unpaired) electrons. The zero-order valence-corrected chi connectivity index (χ0v) is 14.6. The molecule has 2 aromatic rings. The van der Waals surface area contributed by atoms with E-state index in [1.807, 2.05) is 0 Å². The van der Waals surface area contributed by atoms with Crippen LogP contribution in [0.1, 0.15) is 22.0 Å². The highest BCUT2D eigenvalue weighted by Crippen LogP contribution is 2.31. The smallest absolute Gasteiger partial charge is 0.350 e. The van der Waals surface area contributed by atoms with E-state index in [1.54, 1.807) is 0 Å². The molecular formula is C14H10Br2F2N2O3. The van der Waals surface area contributed by atoms with Crippen LogP contribution in [0, 0.1) is 5.82 Å². The molecule has 1 heterocycles. The summed E-state index contributed by atoms with van der Waals surface area (Å²) in [4.78, 5) is 15.6. The van der Waals surface area contributed by atoms with Crippen molar-refractivity contribution in [3.8, 4) is 5.75 Å². The molecule has 0 aliphatic rings. The van der Waals surface area contributed by atoms with Gasteiger partial charge in [-0.3, -0.25) is 0 Å². The van der Waals surface area contributed by atoms with Gasteiger partial charge < -0.3 is 14.3 Å². The summed E-state index contributed by atoms with van der Waals surface area (Å²) in [6, 6.07) is 4.74. The number of anilines is 1. The number of ether oxygens (including phenoxy) is 1. The molecule has 0 saturated carbocycles. The lowest BCUT2D eigenvalue weighted by Gasteiger charge is -2.19. The lowest BCUT2D eigenvalue weighted by molar-refractivity contribution is 0.0774. The van der Waals surface area contributed by atoms with Crippen LogP contribution in [0.3, 0.4) is 0 Å². The second-order valence-corrected chi connectivity index (χ2v) is 5.63. The SMILES string of the molecule is Nc1ncc(Br)cc1OC(CF)c1cc(F)ccc1C(=O)OBr. The van der Waals surface area contributed by atoms with Crippen LogP contribution < -0.4 is 10.5 Å². The monoisotopic (exact) mass is 450 g/mol. The molecule has 0 fully saturated rings. The number of alkyl halides is 1. The van der Waals surface area contributed by atoms with Crippen LogP contribution in [0.5, 0.6) is 5.75 Å². The van der Waals surface area contributed by atoms with E-state index in [9.17, 15) is 13.6 Å². The number of hydrogen-bond donors (Lipinski definition) is 1. The van der Waals surface area contributed by atoms with E-state index in [4.69, 9.17) is 10.5 Å². The number of nitrogens with two attached hydrogens (primary N) is 1. The van der Waals surface area contributed by atoms with Crippen LogP contribution in [0.2, 0.25) is 0 Å². The van der Waals surface area contributed by atoms with Crippen molar-refractivity contribution >= 4 is 44.0 Å². The van der Waals surface area contributed by atoms with E-state index in [1.165, 1.54) is 18.3 Å². The Kier molecular flexibility index (Phi) is 5.89. The van der Waals surface area contributed by atoms with Crippen LogP contribution in [-0.4, -0.2) is 17.6 Å². The number of rotatable bonds is 5. The van der Waals surface area contributed by atoms with Crippen molar-refractivity contribution in [3.63, 3.8) is 0 Å². The molecule has 0 amide bonds. The Bertz CT molecular complexity index is 731. The Labute approximate surface area is 147 Å². The van der Waals surface area contributed by atoms with E-state index < -0.39 is 24.6 Å². The average molecular weight is 452 g/mol. The molecular weight excluding hydrogens is 442 g/mol. The number of pyridine rings is 1. The highest BCUT2D eigenvalue weighted by atomic mass is 79.9. The summed E-state index contributed by atoms with van der Waals surface area (Å²) in [6.07, 6.45) is 0.188. The van der Waals surface area contributed by atoms with Crippen LogP contribution in [0.15, 0.2) is 34.9 Å². The van der Waals surface area contributed by atoms with Crippen molar-refractivity contribution in [2.75, 3.05) is 12.4 Å². The first-order chi connectivity index (χ1) is 11.0. The summed E-state index contributed by atoms with van der Waals surface area (Å²) in [6.45, 7) is -1.02. The lowest BCUT2D eigenvalue weighted by atomic mass is 10.0. The maximum Gasteiger partial charge on any atom is 0.350 e. The molecule has 122 valence electrons. The van der Waals surface area contributed by atoms with Gasteiger partial charge in [-0.25, -0.2) is 18.6 Å². The number of nitrogen functional groups attached to an aromatic ring is 1. The Morgan fingerprint density at radius 3 is 2.78 bits per heavy atom. The maximum absolute atomic E-state index is 13.5. The number of aromatic nitrogens is 1. The van der Waals surface area contributed by atoms with Gasteiger partial charge >= 0.3 is 5.97 Å². The van der Waals surface area contributed by atoms with Crippen molar-refractivity contribution in [2.45, 2.75) is 6.10 Å². The van der Waals surface area contributed by atoms with Crippen LogP contribution in [-0.2, 0) is 3.83 Å². The van der Waals surface area contributed by atoms with Gasteiger partial charge in [0.15, 0.2) is 33.9 Å². The second-order valence-electron chi connectivity index (χ2n) is 4.39. The highest BCUT2D eigenvalue weighted by Gasteiger charge is 2.23. The molecule has 1 aromatic heterocycles. The molecule has 1 unspecified atom stereocenters. The fraction of sp³-hybridized carbons (Fsp3) is 0.143. The van der Waals surface area contributed by atoms with Crippen molar-refractivity contribution in [3.05, 3.63) is 51.9 Å². The van der Waals surface area contributed by atoms with Gasteiger partial charge in [0.05, 0.1) is 5.56 Å². The number of halogens is 4. The van der Waals surface area contributed by atoms with E-state index >= 15 is 0 Å². The number of benzene rings is 1. The fourth-order valence-electron chi connectivity index (χ4n) is 1.88. The molecule has 0 aliphatic heterocycles. The molecule has 23 heavy (non-hydrogen) atoms. The van der Waals surface area contributed by atoms with E-state index in [-0.39, 0.29) is 22.7 Å². The van der Waals surface area contributed by atoms with Gasteiger partial charge in [0.25, 0.3) is 0 Å². The number of carbonyl (C=O) groups excluding carboxylic acids is 1. The maximum atomic E-state index is 13.5. The lowest BCUT2D eigenvalue weighted by Crippen LogP contribution is -2.16. The largest absolute Gasteiger partial charge is 0.479 e. The third kappa shape index (κ3) is 4.17. The molecule has 0 spiro atoms. The Balaban J connectivity index is 2.43. The third-order valence-electron chi connectivity index (χ3n) is 2.91. The highest BCUT2D eigenvalue weighted by molar-refractivity contribution is 9.10. The van der Waals surface area contributed by atoms with Gasteiger partial charge in [0.1, 0.15) is 12.5 Å². The predicted octanol–water partition coefficient (Wildman–Crippen LogP) is 4.12. The van der Waals surface area contributed by atoms with Gasteiger partial charge in [0.2, 0.25) is 0 Å². The number of hydrogen-bond acceptors (Lipinski definition) is 5. The summed E-state index contributed by atoms with van der Waals surface area (Å²) in [5.41, 5.74) is 5.63. The normalized spacial score (nSPS) is 11.8. The van der Waals surface area contributed by atoms with Crippen molar-refractivity contribution in [2.24, 2.45) is 0 Å². The Hall–Kier alpha value is -1.74. The van der Waals surface area contributed by atoms with Crippen molar-refractivity contribution in [1.29, 1.82) is 0 Å². The number of nitrogens with zero attached hydrogens (tertiary/aromatic N) is 1. The minimum Gasteiger partial charge on any atom is -0.479 e. The quantitative estimate of drug-likeness (QED) is 0.739. The van der Waals surface area contributed by atoms with Gasteiger partial charge in [-0.2, -0.15) is 0 Å². The first-order valence-electron chi connectivity index (χ1n) is 6.22. The first kappa shape index (κ1) is 17.6. The van der Waals surface area contributed by atoms with E-state index in [0.717, 1.165) is 12.1 Å². The number of carbonyl (C=O) groups is 1. The Morgan fingerprint density at radius 2 is 2.13 bits per heavy atom. The summed E-state index contributed by atoms with van der Waals surface area (Å²) >= 11 is 5.74. The van der Waals surface area contributed by atoms with Gasteiger partial charge in [0, 0.05) is 16.2 Å². The van der Waals surface area contributed by atoms with Crippen molar-refractivity contribution < 1.29 is 22.1 Å². The summed E-state index contributed by atoms with van der Waals surface area (Å²) in [5.74, 6) is -1.31. The van der Waals surface area contributed by atoms with Crippen LogP contribution in [0.25, 0.3) is 0 Å². The minimum atomic E-state index is -1.26.